The minimum Gasteiger partial charge on any atom is -0.456 e. The molecule has 86 heavy (non-hydrogen) atoms. The maximum atomic E-state index is 6.69. The molecule has 0 aliphatic rings. The monoisotopic (exact) mass is 1680 g/mol. The van der Waals surface area contributed by atoms with E-state index in [1.54, 1.807) is 0 Å². The second-order valence-corrected chi connectivity index (χ2v) is 139. The average molecular weight is 1680 g/mol. The molecule has 0 spiro atoms. The highest BCUT2D eigenvalue weighted by atomic mass is 33.5. The van der Waals surface area contributed by atoms with Crippen LogP contribution >= 0.6 is 241 Å². The van der Waals surface area contributed by atoms with E-state index < -0.39 is 0 Å². The summed E-state index contributed by atoms with van der Waals surface area (Å²) in [5, 5.41) is 4.09. The van der Waals surface area contributed by atoms with Gasteiger partial charge in [0.05, 0.1) is 0 Å². The maximum absolute atomic E-state index is 6.69. The van der Waals surface area contributed by atoms with Crippen LogP contribution in [0.2, 0.25) is 0 Å². The van der Waals surface area contributed by atoms with Gasteiger partial charge in [-0.05, 0) is 156 Å². The van der Waals surface area contributed by atoms with Gasteiger partial charge in [0, 0.05) is 43.8 Å². The van der Waals surface area contributed by atoms with E-state index in [4.69, 9.17) is 23.8 Å². The van der Waals surface area contributed by atoms with E-state index in [0.717, 1.165) is 82.8 Å². The van der Waals surface area contributed by atoms with Crippen LogP contribution in [0, 0.1) is 0 Å². The van der Waals surface area contributed by atoms with Crippen molar-refractivity contribution in [2.75, 3.05) is 0 Å². The fraction of sp³-hybridized carbons (Fsp3) is 0. The second-order valence-electron chi connectivity index (χ2n) is 18.6. The number of nitrogens with zero attached hydrogens (tertiary/aromatic N) is 3. The Hall–Kier alpha value is 5.27. The standard InChI is InChI=1S/C51H31N3O2.H32P30/c1-4-13-32(14-5-1)33-23-25-34(26-24-33)39-29-28-38(47-40-19-10-11-21-43(40)56-48(39)47)37-27-30-44-42(31-37)46-41(20-12-22-45(46)55-44)51-53-49(35-15-6-2-7-16-35)52-50(54-51)36-17-8-3-9-18-36;1-17(2)25(18(3)4)29(26(19(5)6)20(7)8)30(27(21(9)10)22(11)12)28(23(13)14)24(15)16/h1-31H;1-16H2. The molecule has 0 amide bonds. The molecule has 16 unspecified atom stereocenters. The molecule has 0 saturated carbocycles. The number of benzene rings is 8. The van der Waals surface area contributed by atoms with Gasteiger partial charge in [-0.2, -0.15) is 0 Å². The number of para-hydroxylation sites is 1. The smallest absolute Gasteiger partial charge is 0.164 e. The molecule has 0 fully saturated rings. The summed E-state index contributed by atoms with van der Waals surface area (Å²) in [6.07, 6.45) is 0. The zero-order chi connectivity index (χ0) is 61.1. The topological polar surface area (TPSA) is 65.0 Å². The molecule has 11 aromatic rings. The summed E-state index contributed by atoms with van der Waals surface area (Å²) < 4.78 is 13.2. The Kier molecular flexibility index (Phi) is 30.1. The van der Waals surface area contributed by atoms with Crippen molar-refractivity contribution in [3.8, 4) is 67.5 Å². The molecule has 35 heteroatoms. The van der Waals surface area contributed by atoms with Crippen molar-refractivity contribution in [1.82, 2.24) is 15.0 Å². The largest absolute Gasteiger partial charge is 0.456 e. The minimum atomic E-state index is -0.0585. The molecule has 444 valence electrons. The van der Waals surface area contributed by atoms with E-state index in [1.165, 1.54) is 11.1 Å². The Balaban J connectivity index is 0.000000235. The van der Waals surface area contributed by atoms with Crippen LogP contribution in [0.1, 0.15) is 0 Å². The van der Waals surface area contributed by atoms with Gasteiger partial charge in [0.25, 0.3) is 0 Å². The predicted molar refractivity (Wildman–Crippen MR) is 479 cm³/mol. The number of aromatic nitrogens is 3. The molecule has 0 radical (unpaired) electrons. The molecule has 0 aliphatic carbocycles. The molecule has 8 aromatic carbocycles. The molecular formula is C51H63N3O2P30. The highest BCUT2D eigenvalue weighted by Crippen LogP contribution is 3.38. The van der Waals surface area contributed by atoms with Gasteiger partial charge >= 0.3 is 0 Å². The first-order valence-corrected chi connectivity index (χ1v) is 79.3. The fourth-order valence-corrected chi connectivity index (χ4v) is 408. The lowest BCUT2D eigenvalue weighted by Crippen LogP contribution is -2.00. The third-order valence-corrected chi connectivity index (χ3v) is 209. The van der Waals surface area contributed by atoms with Gasteiger partial charge in [-0.1, -0.05) is 158 Å². The maximum Gasteiger partial charge on any atom is 0.164 e. The van der Waals surface area contributed by atoms with E-state index in [2.05, 4.69) is 240 Å². The van der Waals surface area contributed by atoms with Crippen molar-refractivity contribution in [3.05, 3.63) is 188 Å². The molecule has 11 rings (SSSR count). The second kappa shape index (κ2) is 35.0. The first-order valence-electron chi connectivity index (χ1n) is 25.4. The number of furan rings is 2. The van der Waals surface area contributed by atoms with Gasteiger partial charge < -0.3 is 8.83 Å². The number of fused-ring (bicyclic) bond motifs is 6. The third kappa shape index (κ3) is 17.7. The predicted octanol–water partition coefficient (Wildman–Crippen LogP) is 30.9. The molecule has 0 bridgehead atoms. The van der Waals surface area contributed by atoms with Crippen LogP contribution in [-0.4, -0.2) is 15.0 Å². The molecule has 0 N–H and O–H groups in total. The van der Waals surface area contributed by atoms with Crippen molar-refractivity contribution < 1.29 is 8.83 Å². The number of rotatable bonds is 19. The Morgan fingerprint density at radius 1 is 0.244 bits per heavy atom. The molecule has 5 nitrogen and oxygen atoms in total. The van der Waals surface area contributed by atoms with Crippen LogP contribution in [0.4, 0.5) is 0 Å². The summed E-state index contributed by atoms with van der Waals surface area (Å²) in [6.45, 7) is -0.252. The Morgan fingerprint density at radius 2 is 0.628 bits per heavy atom. The van der Waals surface area contributed by atoms with E-state index in [-0.39, 0.29) is 97.8 Å². The Labute approximate surface area is 558 Å². The highest BCUT2D eigenvalue weighted by molar-refractivity contribution is 9.44. The lowest BCUT2D eigenvalue weighted by molar-refractivity contribution is 0.669. The van der Waals surface area contributed by atoms with E-state index >= 15 is 0 Å². The molecule has 0 aliphatic heterocycles. The van der Waals surface area contributed by atoms with Crippen LogP contribution in [0.3, 0.4) is 0 Å². The van der Waals surface area contributed by atoms with Gasteiger partial charge in [0.2, 0.25) is 0 Å². The van der Waals surface area contributed by atoms with Gasteiger partial charge in [-0.25, -0.2) is 15.0 Å². The van der Waals surface area contributed by atoms with Crippen molar-refractivity contribution in [1.29, 1.82) is 0 Å². The van der Waals surface area contributed by atoms with Crippen molar-refractivity contribution in [2.24, 2.45) is 0 Å². The van der Waals surface area contributed by atoms with Gasteiger partial charge in [0.1, 0.15) is 22.3 Å². The van der Waals surface area contributed by atoms with E-state index in [9.17, 15) is 0 Å². The van der Waals surface area contributed by atoms with Crippen molar-refractivity contribution >= 4 is 285 Å². The van der Waals surface area contributed by atoms with Crippen LogP contribution in [0.25, 0.3) is 111 Å². The quantitative estimate of drug-likeness (QED) is 0.0755. The van der Waals surface area contributed by atoms with Crippen LogP contribution < -0.4 is 0 Å². The molecule has 0 saturated heterocycles. The first kappa shape index (κ1) is 74.0. The normalized spacial score (nSPS) is 12.5. The lowest BCUT2D eigenvalue weighted by atomic mass is 9.93. The number of hydrogen-bond acceptors (Lipinski definition) is 5. The summed E-state index contributed by atoms with van der Waals surface area (Å²) in [4.78, 5) is 15.1. The summed E-state index contributed by atoms with van der Waals surface area (Å²) in [6, 6.07) is 64.5. The zero-order valence-electron chi connectivity index (χ0n) is 45.6. The SMILES string of the molecule is PP(P)P(P(P)P)P(P(P(P)P)P(P)P)P(P(P(P)P)P(P)P)P(P(P)P)P(P)P.c1ccc(-c2ccc(-c3ccc(-c4ccc5oc6cccc(-c7nc(-c8ccccc8)nc(-c8ccccc8)n7)c6c5c4)c4c3oc3ccccc34)cc2)cc1. The zero-order valence-corrected chi connectivity index (χ0v) is 76.6. The highest BCUT2D eigenvalue weighted by Gasteiger charge is 2.51. The van der Waals surface area contributed by atoms with Crippen LogP contribution in [0.15, 0.2) is 197 Å². The van der Waals surface area contributed by atoms with Gasteiger partial charge in [-0.3, -0.25) is 0 Å². The fourth-order valence-electron chi connectivity index (χ4n) is 9.52. The van der Waals surface area contributed by atoms with Crippen LogP contribution in [-0.2, 0) is 0 Å². The molecule has 3 aromatic heterocycles. The summed E-state index contributed by atoms with van der Waals surface area (Å²) in [5.74, 6) is 1.82. The lowest BCUT2D eigenvalue weighted by Gasteiger charge is -2.52. The average Bonchev–Trinajstić information content (AvgIpc) is 1.65. The molecule has 3 heterocycles. The summed E-state index contributed by atoms with van der Waals surface area (Å²) in [7, 11) is 52.6. The third-order valence-electron chi connectivity index (χ3n) is 13.0. The summed E-state index contributed by atoms with van der Waals surface area (Å²) >= 11 is 0. The Morgan fingerprint density at radius 3 is 1.12 bits per heavy atom. The van der Waals surface area contributed by atoms with Crippen LogP contribution in [0.5, 0.6) is 0 Å². The molecular weight excluding hydrogens is 1620 g/mol. The summed E-state index contributed by atoms with van der Waals surface area (Å²) in [5.41, 5.74) is 12.7. The minimum absolute atomic E-state index is 0.0331. The first-order chi connectivity index (χ1) is 41.3. The van der Waals surface area contributed by atoms with Gasteiger partial charge in [0.15, 0.2) is 17.5 Å². The van der Waals surface area contributed by atoms with E-state index in [1.807, 2.05) is 91.0 Å². The van der Waals surface area contributed by atoms with Gasteiger partial charge in [-0.15, -0.1) is 143 Å². The number of hydrogen-bond donors (Lipinski definition) is 0. The molecule has 16 atom stereocenters. The van der Waals surface area contributed by atoms with Crippen molar-refractivity contribution in [2.45, 2.75) is 0 Å². The van der Waals surface area contributed by atoms with Crippen molar-refractivity contribution in [3.63, 3.8) is 0 Å². The Bertz CT molecular complexity index is 3900. The van der Waals surface area contributed by atoms with E-state index in [0.29, 0.717) is 17.5 Å².